The van der Waals surface area contributed by atoms with Crippen LogP contribution in [-0.4, -0.2) is 19.5 Å². The number of anilines is 1. The quantitative estimate of drug-likeness (QED) is 0.799. The van der Waals surface area contributed by atoms with Crippen molar-refractivity contribution in [2.45, 2.75) is 18.5 Å². The number of carbonyl (C=O) groups is 1. The Labute approximate surface area is 136 Å². The van der Waals surface area contributed by atoms with Gasteiger partial charge in [-0.15, -0.1) is 0 Å². The molecule has 1 fully saturated rings. The predicted octanol–water partition coefficient (Wildman–Crippen LogP) is 2.86. The summed E-state index contributed by atoms with van der Waals surface area (Å²) in [7, 11) is 1.67. The minimum Gasteiger partial charge on any atom is -0.378 e. The van der Waals surface area contributed by atoms with Crippen molar-refractivity contribution < 1.29 is 4.79 Å². The van der Waals surface area contributed by atoms with Gasteiger partial charge in [0, 0.05) is 30.3 Å². The number of fused-ring (bicyclic) bond motifs is 3. The monoisotopic (exact) mass is 307 g/mol. The lowest BCUT2D eigenvalue weighted by Gasteiger charge is -2.37. The fourth-order valence-electron chi connectivity index (χ4n) is 3.93. The Kier molecular flexibility index (Phi) is 3.54. The molecule has 0 aromatic heterocycles. The van der Waals surface area contributed by atoms with Crippen LogP contribution < -0.4 is 16.0 Å². The van der Waals surface area contributed by atoms with Gasteiger partial charge >= 0.3 is 0 Å². The summed E-state index contributed by atoms with van der Waals surface area (Å²) in [5.74, 6) is 0.470. The Balaban J connectivity index is 1.75. The molecule has 2 heterocycles. The molecule has 0 spiro atoms. The zero-order chi connectivity index (χ0) is 15.8. The molecule has 3 N–H and O–H groups in total. The molecule has 1 unspecified atom stereocenters. The summed E-state index contributed by atoms with van der Waals surface area (Å²) in [6, 6.07) is 17.2. The van der Waals surface area contributed by atoms with Crippen LogP contribution in [0.3, 0.4) is 0 Å². The highest BCUT2D eigenvalue weighted by Gasteiger charge is 2.40. The van der Waals surface area contributed by atoms with E-state index in [1.54, 1.807) is 7.05 Å². The van der Waals surface area contributed by atoms with Gasteiger partial charge in [0.1, 0.15) is 0 Å². The summed E-state index contributed by atoms with van der Waals surface area (Å²) in [6.45, 7) is 1.02. The summed E-state index contributed by atoms with van der Waals surface area (Å²) >= 11 is 0. The van der Waals surface area contributed by atoms with Crippen molar-refractivity contribution >= 4 is 11.6 Å². The van der Waals surface area contributed by atoms with E-state index >= 15 is 0 Å². The molecule has 1 amide bonds. The molecule has 0 radical (unpaired) electrons. The van der Waals surface area contributed by atoms with E-state index in [1.165, 1.54) is 11.1 Å². The van der Waals surface area contributed by atoms with Crippen LogP contribution in [0.1, 0.15) is 40.0 Å². The molecular formula is C19H21N3O. The molecule has 2 aliphatic rings. The fraction of sp³-hybridized carbons (Fsp3) is 0.316. The predicted molar refractivity (Wildman–Crippen MR) is 91.5 cm³/mol. The molecule has 2 aliphatic heterocycles. The molecule has 118 valence electrons. The van der Waals surface area contributed by atoms with Crippen LogP contribution in [0.25, 0.3) is 0 Å². The second-order valence-electron chi connectivity index (χ2n) is 6.30. The maximum Gasteiger partial charge on any atom is 0.251 e. The third-order valence-electron chi connectivity index (χ3n) is 5.04. The lowest BCUT2D eigenvalue weighted by molar-refractivity contribution is 0.0963. The van der Waals surface area contributed by atoms with Crippen LogP contribution in [-0.2, 0) is 0 Å². The number of amides is 1. The normalized spacial score (nSPS) is 25.2. The van der Waals surface area contributed by atoms with Crippen molar-refractivity contribution in [1.29, 1.82) is 0 Å². The second-order valence-corrected chi connectivity index (χ2v) is 6.30. The van der Waals surface area contributed by atoms with Gasteiger partial charge in [0.25, 0.3) is 5.91 Å². The topological polar surface area (TPSA) is 53.2 Å². The van der Waals surface area contributed by atoms with E-state index in [2.05, 4.69) is 46.3 Å². The van der Waals surface area contributed by atoms with E-state index in [4.69, 9.17) is 0 Å². The Hall–Kier alpha value is -2.33. The number of hydrogen-bond donors (Lipinski definition) is 3. The van der Waals surface area contributed by atoms with Crippen molar-refractivity contribution in [3.05, 3.63) is 65.2 Å². The van der Waals surface area contributed by atoms with Crippen LogP contribution >= 0.6 is 0 Å². The molecular weight excluding hydrogens is 286 g/mol. The number of nitrogens with one attached hydrogen (secondary N) is 3. The number of hydrogen-bond acceptors (Lipinski definition) is 3. The van der Waals surface area contributed by atoms with E-state index in [1.807, 2.05) is 18.2 Å². The van der Waals surface area contributed by atoms with Gasteiger partial charge in [-0.2, -0.15) is 0 Å². The third kappa shape index (κ3) is 2.39. The van der Waals surface area contributed by atoms with Crippen LogP contribution in [0.4, 0.5) is 5.69 Å². The standard InChI is InChI=1S/C19H21N3O/c1-20-19(23)13-7-8-16-15(11-13)18-14(9-10-21-18)17(22-16)12-5-3-2-4-6-12/h2-8,11,14,17-18,21-22H,9-10H2,1H3,(H,20,23)/t14-,17?,18-/m0/s1. The first kappa shape index (κ1) is 14.3. The van der Waals surface area contributed by atoms with Crippen molar-refractivity contribution in [3.63, 3.8) is 0 Å². The number of rotatable bonds is 2. The molecule has 2 aromatic carbocycles. The number of carbonyl (C=O) groups excluding carboxylic acids is 1. The lowest BCUT2D eigenvalue weighted by atomic mass is 9.80. The second kappa shape index (κ2) is 5.70. The summed E-state index contributed by atoms with van der Waals surface area (Å²) in [5.41, 5.74) is 4.38. The van der Waals surface area contributed by atoms with Gasteiger partial charge < -0.3 is 16.0 Å². The molecule has 4 nitrogen and oxygen atoms in total. The van der Waals surface area contributed by atoms with E-state index in [9.17, 15) is 4.79 Å². The van der Waals surface area contributed by atoms with Gasteiger partial charge in [-0.05, 0) is 42.3 Å². The van der Waals surface area contributed by atoms with E-state index < -0.39 is 0 Å². The van der Waals surface area contributed by atoms with Gasteiger partial charge in [-0.25, -0.2) is 0 Å². The highest BCUT2D eigenvalue weighted by molar-refractivity contribution is 5.94. The average molecular weight is 307 g/mol. The van der Waals surface area contributed by atoms with Gasteiger partial charge in [-0.3, -0.25) is 4.79 Å². The van der Waals surface area contributed by atoms with Gasteiger partial charge in [0.15, 0.2) is 0 Å². The minimum absolute atomic E-state index is 0.0347. The smallest absolute Gasteiger partial charge is 0.251 e. The van der Waals surface area contributed by atoms with Crippen LogP contribution in [0.5, 0.6) is 0 Å². The van der Waals surface area contributed by atoms with E-state index in [0.29, 0.717) is 18.0 Å². The van der Waals surface area contributed by atoms with Gasteiger partial charge in [0.05, 0.1) is 6.04 Å². The minimum atomic E-state index is -0.0347. The third-order valence-corrected chi connectivity index (χ3v) is 5.04. The largest absolute Gasteiger partial charge is 0.378 e. The highest BCUT2D eigenvalue weighted by atomic mass is 16.1. The summed E-state index contributed by atoms with van der Waals surface area (Å²) < 4.78 is 0. The summed E-state index contributed by atoms with van der Waals surface area (Å²) in [6.07, 6.45) is 1.14. The first-order valence-electron chi connectivity index (χ1n) is 8.19. The SMILES string of the molecule is CNC(=O)c1ccc2c(c1)[C@H]1NCC[C@H]1C(c1ccccc1)N2. The van der Waals surface area contributed by atoms with Crippen molar-refractivity contribution in [2.75, 3.05) is 18.9 Å². The molecule has 0 saturated carbocycles. The van der Waals surface area contributed by atoms with Crippen LogP contribution in [0.2, 0.25) is 0 Å². The van der Waals surface area contributed by atoms with Gasteiger partial charge in [-0.1, -0.05) is 30.3 Å². The van der Waals surface area contributed by atoms with Crippen molar-refractivity contribution in [1.82, 2.24) is 10.6 Å². The molecule has 23 heavy (non-hydrogen) atoms. The molecule has 3 atom stereocenters. The Morgan fingerprint density at radius 1 is 1.13 bits per heavy atom. The van der Waals surface area contributed by atoms with Crippen molar-refractivity contribution in [2.24, 2.45) is 5.92 Å². The van der Waals surface area contributed by atoms with Gasteiger partial charge in [0.2, 0.25) is 0 Å². The summed E-state index contributed by atoms with van der Waals surface area (Å²) in [5, 5.41) is 10.0. The highest BCUT2D eigenvalue weighted by Crippen LogP contribution is 2.47. The van der Waals surface area contributed by atoms with Crippen LogP contribution in [0, 0.1) is 5.92 Å². The molecule has 0 bridgehead atoms. The lowest BCUT2D eigenvalue weighted by Crippen LogP contribution is -2.32. The fourth-order valence-corrected chi connectivity index (χ4v) is 3.93. The molecule has 1 saturated heterocycles. The molecule has 2 aromatic rings. The Morgan fingerprint density at radius 3 is 2.74 bits per heavy atom. The molecule has 0 aliphatic carbocycles. The van der Waals surface area contributed by atoms with Crippen molar-refractivity contribution in [3.8, 4) is 0 Å². The zero-order valence-corrected chi connectivity index (χ0v) is 13.2. The summed E-state index contributed by atoms with van der Waals surface area (Å²) in [4.78, 5) is 11.9. The Bertz CT molecular complexity index is 729. The zero-order valence-electron chi connectivity index (χ0n) is 13.2. The Morgan fingerprint density at radius 2 is 1.96 bits per heavy atom. The molecule has 4 heteroatoms. The first-order valence-corrected chi connectivity index (χ1v) is 8.19. The number of benzene rings is 2. The first-order chi connectivity index (χ1) is 11.3. The van der Waals surface area contributed by atoms with E-state index in [0.717, 1.165) is 24.2 Å². The average Bonchev–Trinajstić information content (AvgIpc) is 3.10. The maximum absolute atomic E-state index is 11.9. The van der Waals surface area contributed by atoms with Crippen LogP contribution in [0.15, 0.2) is 48.5 Å². The maximum atomic E-state index is 11.9. The molecule has 4 rings (SSSR count). The van der Waals surface area contributed by atoms with E-state index in [-0.39, 0.29) is 5.91 Å².